The van der Waals surface area contributed by atoms with Gasteiger partial charge in [0.15, 0.2) is 0 Å². The number of phosphoric acid groups is 1. The highest BCUT2D eigenvalue weighted by Crippen LogP contribution is 2.43. The van der Waals surface area contributed by atoms with E-state index < -0.39 is 13.9 Å². The van der Waals surface area contributed by atoms with Crippen molar-refractivity contribution in [2.45, 2.75) is 38.6 Å². The first-order valence-corrected chi connectivity index (χ1v) is 11.3. The summed E-state index contributed by atoms with van der Waals surface area (Å²) in [6.45, 7) is 0.879. The lowest BCUT2D eigenvalue weighted by atomic mass is 9.90. The van der Waals surface area contributed by atoms with Crippen molar-refractivity contribution in [3.8, 4) is 11.5 Å². The number of hydrogen-bond acceptors (Lipinski definition) is 5. The summed E-state index contributed by atoms with van der Waals surface area (Å²) in [5.41, 5.74) is 0.809. The van der Waals surface area contributed by atoms with E-state index in [4.69, 9.17) is 9.26 Å². The number of rotatable bonds is 8. The van der Waals surface area contributed by atoms with E-state index in [1.54, 1.807) is 18.2 Å². The fourth-order valence-electron chi connectivity index (χ4n) is 3.22. The number of ether oxygens (including phenoxy) is 1. The van der Waals surface area contributed by atoms with Crippen LogP contribution in [0.1, 0.15) is 37.7 Å². The van der Waals surface area contributed by atoms with Crippen molar-refractivity contribution in [3.05, 3.63) is 60.2 Å². The summed E-state index contributed by atoms with van der Waals surface area (Å²) in [6.07, 6.45) is 5.31. The molecule has 1 fully saturated rings. The van der Waals surface area contributed by atoms with Gasteiger partial charge in [-0.1, -0.05) is 49.6 Å². The Labute approximate surface area is 170 Å². The Balaban J connectivity index is 1.40. The highest BCUT2D eigenvalue weighted by atomic mass is 31.2. The summed E-state index contributed by atoms with van der Waals surface area (Å²) in [5, 5.41) is 2.43. The molecule has 1 aliphatic carbocycles. The number of hydrogen-bond donors (Lipinski definition) is 2. The Morgan fingerprint density at radius 1 is 1.00 bits per heavy atom. The Bertz CT molecular complexity index is 821. The van der Waals surface area contributed by atoms with Crippen molar-refractivity contribution in [1.82, 2.24) is 5.32 Å². The molecule has 0 spiro atoms. The summed E-state index contributed by atoms with van der Waals surface area (Å²) in [5.74, 6) is 1.56. The van der Waals surface area contributed by atoms with Crippen molar-refractivity contribution in [3.63, 3.8) is 0 Å². The molecule has 1 amide bonds. The van der Waals surface area contributed by atoms with Crippen molar-refractivity contribution in [2.24, 2.45) is 5.92 Å². The number of carbonyl (C=O) groups excluding carboxylic acids is 1. The van der Waals surface area contributed by atoms with Crippen LogP contribution in [0.3, 0.4) is 0 Å². The second kappa shape index (κ2) is 10.3. The molecule has 7 nitrogen and oxygen atoms in total. The van der Waals surface area contributed by atoms with Crippen LogP contribution in [0, 0.1) is 5.92 Å². The predicted octanol–water partition coefficient (Wildman–Crippen LogP) is 5.05. The normalized spacial score (nSPS) is 16.4. The van der Waals surface area contributed by atoms with E-state index in [0.717, 1.165) is 17.9 Å². The molecule has 1 saturated carbocycles. The van der Waals surface area contributed by atoms with E-state index in [1.807, 2.05) is 24.3 Å². The summed E-state index contributed by atoms with van der Waals surface area (Å²) >= 11 is 0. The second-order valence-electron chi connectivity index (χ2n) is 7.06. The van der Waals surface area contributed by atoms with Gasteiger partial charge in [-0.25, -0.2) is 9.36 Å². The van der Waals surface area contributed by atoms with Gasteiger partial charge in [0.05, 0.1) is 6.61 Å². The molecule has 29 heavy (non-hydrogen) atoms. The van der Waals surface area contributed by atoms with E-state index in [0.29, 0.717) is 5.92 Å². The predicted molar refractivity (Wildman–Crippen MR) is 109 cm³/mol. The van der Waals surface area contributed by atoms with Crippen molar-refractivity contribution < 1.29 is 28.0 Å². The van der Waals surface area contributed by atoms with E-state index in [2.05, 4.69) is 9.84 Å². The van der Waals surface area contributed by atoms with Crippen molar-refractivity contribution in [2.75, 3.05) is 6.61 Å². The molecule has 1 unspecified atom stereocenters. The topological polar surface area (TPSA) is 94.1 Å². The quantitative estimate of drug-likeness (QED) is 0.582. The maximum atomic E-state index is 11.9. The molecule has 1 atom stereocenters. The Morgan fingerprint density at radius 2 is 1.69 bits per heavy atom. The molecule has 1 aliphatic rings. The number of phosphoric ester groups is 1. The second-order valence-corrected chi connectivity index (χ2v) is 8.37. The van der Waals surface area contributed by atoms with E-state index >= 15 is 0 Å². The smallest absolute Gasteiger partial charge is 0.493 e. The minimum Gasteiger partial charge on any atom is -0.493 e. The molecule has 0 aliphatic heterocycles. The van der Waals surface area contributed by atoms with Gasteiger partial charge in [-0.2, -0.15) is 0 Å². The van der Waals surface area contributed by atoms with Crippen LogP contribution in [-0.4, -0.2) is 17.6 Å². The van der Waals surface area contributed by atoms with Gasteiger partial charge in [0, 0.05) is 6.54 Å². The average molecular weight is 419 g/mol. The molecule has 2 N–H and O–H groups in total. The molecular weight excluding hydrogens is 393 g/mol. The SMILES string of the molecule is O=C(NCc1ccc(OCC2CCCCC2)cc1)OP(=O)(O)Oc1ccccc1. The van der Waals surface area contributed by atoms with Gasteiger partial charge in [-0.3, -0.25) is 4.89 Å². The van der Waals surface area contributed by atoms with E-state index in [1.165, 1.54) is 44.2 Å². The van der Waals surface area contributed by atoms with Crippen molar-refractivity contribution >= 4 is 13.9 Å². The largest absolute Gasteiger partial charge is 0.588 e. The maximum absolute atomic E-state index is 11.9. The molecule has 0 aromatic heterocycles. The Morgan fingerprint density at radius 3 is 2.38 bits per heavy atom. The lowest BCUT2D eigenvalue weighted by Crippen LogP contribution is -2.23. The van der Waals surface area contributed by atoms with Crippen LogP contribution in [0.25, 0.3) is 0 Å². The van der Waals surface area contributed by atoms with Gasteiger partial charge in [-0.05, 0) is 48.6 Å². The van der Waals surface area contributed by atoms with E-state index in [9.17, 15) is 14.3 Å². The number of amides is 1. The molecule has 156 valence electrons. The zero-order chi connectivity index (χ0) is 20.5. The van der Waals surface area contributed by atoms with Crippen LogP contribution < -0.4 is 14.6 Å². The lowest BCUT2D eigenvalue weighted by Gasteiger charge is -2.21. The van der Waals surface area contributed by atoms with Crippen LogP contribution in [0.4, 0.5) is 4.79 Å². The monoisotopic (exact) mass is 419 g/mol. The van der Waals surface area contributed by atoms with Gasteiger partial charge in [-0.15, -0.1) is 0 Å². The molecule has 0 bridgehead atoms. The van der Waals surface area contributed by atoms with Gasteiger partial charge in [0.1, 0.15) is 11.5 Å². The molecule has 0 saturated heterocycles. The number of para-hydroxylation sites is 1. The zero-order valence-electron chi connectivity index (χ0n) is 16.2. The maximum Gasteiger partial charge on any atom is 0.588 e. The van der Waals surface area contributed by atoms with E-state index in [-0.39, 0.29) is 12.3 Å². The molecule has 3 rings (SSSR count). The third kappa shape index (κ3) is 7.44. The average Bonchev–Trinajstić information content (AvgIpc) is 2.72. The van der Waals surface area contributed by atoms with Gasteiger partial charge >= 0.3 is 13.9 Å². The first-order chi connectivity index (χ1) is 14.0. The fourth-order valence-corrected chi connectivity index (χ4v) is 3.92. The molecule has 8 heteroatoms. The summed E-state index contributed by atoms with van der Waals surface area (Å²) in [4.78, 5) is 21.5. The summed E-state index contributed by atoms with van der Waals surface area (Å²) in [7, 11) is -4.55. The van der Waals surface area contributed by atoms with Crippen molar-refractivity contribution in [1.29, 1.82) is 0 Å². The number of benzene rings is 2. The van der Waals surface area contributed by atoms with Crippen LogP contribution >= 0.6 is 7.82 Å². The van der Waals surface area contributed by atoms with Gasteiger partial charge in [0.25, 0.3) is 0 Å². The Hall–Kier alpha value is -2.50. The lowest BCUT2D eigenvalue weighted by molar-refractivity contribution is 0.178. The molecule has 0 heterocycles. The fraction of sp³-hybridized carbons (Fsp3) is 0.381. The summed E-state index contributed by atoms with van der Waals surface area (Å²) < 4.78 is 27.1. The highest BCUT2D eigenvalue weighted by molar-refractivity contribution is 7.48. The minimum atomic E-state index is -4.55. The zero-order valence-corrected chi connectivity index (χ0v) is 17.1. The number of nitrogens with one attached hydrogen (secondary N) is 1. The van der Waals surface area contributed by atoms with Crippen LogP contribution in [0.5, 0.6) is 11.5 Å². The third-order valence-corrected chi connectivity index (χ3v) is 5.57. The highest BCUT2D eigenvalue weighted by Gasteiger charge is 2.28. The molecule has 2 aromatic carbocycles. The van der Waals surface area contributed by atoms with Gasteiger partial charge < -0.3 is 19.1 Å². The first kappa shape index (κ1) is 21.2. The first-order valence-electron chi connectivity index (χ1n) is 9.77. The van der Waals surface area contributed by atoms with Gasteiger partial charge in [0.2, 0.25) is 0 Å². The number of carbonyl (C=O) groups is 1. The minimum absolute atomic E-state index is 0.134. The standard InChI is InChI=1S/C21H26NO6P/c23-21(28-29(24,25)27-20-9-5-2-6-10-20)22-15-17-11-13-19(14-12-17)26-16-18-7-3-1-4-8-18/h2,5-6,9-14,18H,1,3-4,7-8,15-16H2,(H,22,23)(H,24,25). The third-order valence-electron chi connectivity index (χ3n) is 4.73. The van der Waals surface area contributed by atoms with Crippen LogP contribution in [0.15, 0.2) is 54.6 Å². The molecule has 0 radical (unpaired) electrons. The molecular formula is C21H26NO6P. The Kier molecular flexibility index (Phi) is 7.55. The van der Waals surface area contributed by atoms with Crippen LogP contribution in [0.2, 0.25) is 0 Å². The summed E-state index contributed by atoms with van der Waals surface area (Å²) in [6, 6.07) is 15.3. The van der Waals surface area contributed by atoms with Crippen LogP contribution in [-0.2, 0) is 15.6 Å². The molecule has 2 aromatic rings.